The molecule has 2 aromatic rings. The van der Waals surface area contributed by atoms with Crippen molar-refractivity contribution in [2.75, 3.05) is 13.7 Å². The van der Waals surface area contributed by atoms with Gasteiger partial charge in [0.15, 0.2) is 5.78 Å². The van der Waals surface area contributed by atoms with E-state index < -0.39 is 0 Å². The largest absolute Gasteiger partial charge is 0.497 e. The predicted octanol–water partition coefficient (Wildman–Crippen LogP) is 3.96. The second-order valence-electron chi connectivity index (χ2n) is 6.23. The number of benzene rings is 2. The van der Waals surface area contributed by atoms with Crippen molar-refractivity contribution in [1.29, 1.82) is 0 Å². The van der Waals surface area contributed by atoms with Crippen molar-refractivity contribution in [3.63, 3.8) is 0 Å². The van der Waals surface area contributed by atoms with E-state index in [0.29, 0.717) is 12.3 Å². The standard InChI is InChI=1S/C21H23NO2/c1-24-20-9-5-6-16(13-20)10-11-17-12-19(22-15-17)14-21(23)18-7-3-2-4-8-18/h2-11,13,17,19,22H,12,14-15H2,1H3/b11-10+. The molecule has 0 amide bonds. The van der Waals surface area contributed by atoms with E-state index in [4.69, 9.17) is 4.74 Å². The van der Waals surface area contributed by atoms with Crippen molar-refractivity contribution < 1.29 is 9.53 Å². The van der Waals surface area contributed by atoms with E-state index in [1.165, 1.54) is 0 Å². The van der Waals surface area contributed by atoms with Crippen molar-refractivity contribution in [2.24, 2.45) is 5.92 Å². The maximum atomic E-state index is 12.3. The van der Waals surface area contributed by atoms with E-state index in [1.807, 2.05) is 48.5 Å². The summed E-state index contributed by atoms with van der Waals surface area (Å²) in [4.78, 5) is 12.3. The van der Waals surface area contributed by atoms with E-state index in [9.17, 15) is 4.79 Å². The summed E-state index contributed by atoms with van der Waals surface area (Å²) in [5.41, 5.74) is 1.94. The zero-order valence-corrected chi connectivity index (χ0v) is 13.9. The van der Waals surface area contributed by atoms with E-state index in [1.54, 1.807) is 7.11 Å². The third-order valence-corrected chi connectivity index (χ3v) is 4.44. The summed E-state index contributed by atoms with van der Waals surface area (Å²) >= 11 is 0. The number of carbonyl (C=O) groups is 1. The summed E-state index contributed by atoms with van der Waals surface area (Å²) in [6.07, 6.45) is 5.93. The van der Waals surface area contributed by atoms with Crippen LogP contribution in [0.15, 0.2) is 60.7 Å². The fourth-order valence-corrected chi connectivity index (χ4v) is 3.11. The minimum absolute atomic E-state index is 0.213. The average molecular weight is 321 g/mol. The molecule has 124 valence electrons. The van der Waals surface area contributed by atoms with Crippen molar-refractivity contribution in [3.8, 4) is 5.75 Å². The van der Waals surface area contributed by atoms with Crippen LogP contribution in [0.3, 0.4) is 0 Å². The lowest BCUT2D eigenvalue weighted by Crippen LogP contribution is -2.24. The fraction of sp³-hybridized carbons (Fsp3) is 0.286. The maximum absolute atomic E-state index is 12.3. The quantitative estimate of drug-likeness (QED) is 0.819. The smallest absolute Gasteiger partial charge is 0.164 e. The number of nitrogens with one attached hydrogen (secondary N) is 1. The highest BCUT2D eigenvalue weighted by molar-refractivity contribution is 5.96. The molecule has 0 spiro atoms. The minimum atomic E-state index is 0.213. The van der Waals surface area contributed by atoms with Gasteiger partial charge < -0.3 is 10.1 Å². The molecule has 24 heavy (non-hydrogen) atoms. The van der Waals surface area contributed by atoms with Gasteiger partial charge in [0, 0.05) is 24.6 Å². The topological polar surface area (TPSA) is 38.3 Å². The van der Waals surface area contributed by atoms with Gasteiger partial charge in [0.1, 0.15) is 5.75 Å². The first-order valence-corrected chi connectivity index (χ1v) is 8.38. The van der Waals surface area contributed by atoms with Crippen molar-refractivity contribution >= 4 is 11.9 Å². The van der Waals surface area contributed by atoms with Gasteiger partial charge in [0.25, 0.3) is 0 Å². The van der Waals surface area contributed by atoms with Gasteiger partial charge in [0.05, 0.1) is 7.11 Å². The van der Waals surface area contributed by atoms with Crippen LogP contribution in [0.1, 0.15) is 28.8 Å². The number of hydrogen-bond donors (Lipinski definition) is 1. The Balaban J connectivity index is 1.53. The van der Waals surface area contributed by atoms with Crippen LogP contribution in [-0.2, 0) is 0 Å². The highest BCUT2D eigenvalue weighted by Gasteiger charge is 2.24. The molecule has 0 saturated carbocycles. The molecule has 3 rings (SSSR count). The molecule has 1 saturated heterocycles. The number of carbonyl (C=O) groups excluding carboxylic acids is 1. The summed E-state index contributed by atoms with van der Waals surface area (Å²) in [6.45, 7) is 0.924. The lowest BCUT2D eigenvalue weighted by Gasteiger charge is -2.09. The van der Waals surface area contributed by atoms with Crippen molar-refractivity contribution in [1.82, 2.24) is 5.32 Å². The molecule has 0 radical (unpaired) electrons. The first kappa shape index (κ1) is 16.5. The molecular weight excluding hydrogens is 298 g/mol. The fourth-order valence-electron chi connectivity index (χ4n) is 3.11. The summed E-state index contributed by atoms with van der Waals surface area (Å²) < 4.78 is 5.25. The Labute approximate surface area is 143 Å². The maximum Gasteiger partial charge on any atom is 0.164 e. The Morgan fingerprint density at radius 2 is 2.04 bits per heavy atom. The molecule has 0 aromatic heterocycles. The zero-order valence-electron chi connectivity index (χ0n) is 13.9. The zero-order chi connectivity index (χ0) is 16.8. The summed E-state index contributed by atoms with van der Waals surface area (Å²) in [5.74, 6) is 1.54. The molecule has 2 aromatic carbocycles. The molecule has 2 unspecified atom stereocenters. The Kier molecular flexibility index (Phi) is 5.44. The van der Waals surface area contributed by atoms with E-state index in [0.717, 1.165) is 29.8 Å². The van der Waals surface area contributed by atoms with Crippen LogP contribution in [0.4, 0.5) is 0 Å². The van der Waals surface area contributed by atoms with Gasteiger partial charge in [-0.05, 0) is 30.0 Å². The molecule has 3 nitrogen and oxygen atoms in total. The monoisotopic (exact) mass is 321 g/mol. The van der Waals surface area contributed by atoms with Crippen LogP contribution in [-0.4, -0.2) is 25.5 Å². The minimum Gasteiger partial charge on any atom is -0.497 e. The van der Waals surface area contributed by atoms with Crippen LogP contribution in [0, 0.1) is 5.92 Å². The van der Waals surface area contributed by atoms with Gasteiger partial charge in [-0.25, -0.2) is 0 Å². The van der Waals surface area contributed by atoms with Gasteiger partial charge in [-0.1, -0.05) is 54.6 Å². The molecule has 1 aliphatic heterocycles. The van der Waals surface area contributed by atoms with Gasteiger partial charge in [-0.3, -0.25) is 4.79 Å². The number of ether oxygens (including phenoxy) is 1. The Hall–Kier alpha value is -2.39. The average Bonchev–Trinajstić information content (AvgIpc) is 3.08. The highest BCUT2D eigenvalue weighted by atomic mass is 16.5. The predicted molar refractivity (Wildman–Crippen MR) is 97.3 cm³/mol. The molecule has 2 atom stereocenters. The van der Waals surface area contributed by atoms with Crippen LogP contribution >= 0.6 is 0 Å². The lowest BCUT2D eigenvalue weighted by atomic mass is 9.98. The molecule has 1 fully saturated rings. The van der Waals surface area contributed by atoms with E-state index >= 15 is 0 Å². The first-order valence-electron chi connectivity index (χ1n) is 8.38. The summed E-state index contributed by atoms with van der Waals surface area (Å²) in [6, 6.07) is 17.8. The molecule has 0 bridgehead atoms. The van der Waals surface area contributed by atoms with Crippen LogP contribution in [0.2, 0.25) is 0 Å². The highest BCUT2D eigenvalue weighted by Crippen LogP contribution is 2.21. The van der Waals surface area contributed by atoms with Crippen LogP contribution in [0.25, 0.3) is 6.08 Å². The van der Waals surface area contributed by atoms with Gasteiger partial charge in [-0.2, -0.15) is 0 Å². The van der Waals surface area contributed by atoms with E-state index in [-0.39, 0.29) is 11.8 Å². The first-order chi connectivity index (χ1) is 11.7. The second kappa shape index (κ2) is 7.93. The Bertz CT molecular complexity index is 709. The number of hydrogen-bond acceptors (Lipinski definition) is 3. The normalized spacial score (nSPS) is 20.4. The number of methoxy groups -OCH3 is 1. The summed E-state index contributed by atoms with van der Waals surface area (Å²) in [7, 11) is 1.68. The second-order valence-corrected chi connectivity index (χ2v) is 6.23. The third-order valence-electron chi connectivity index (χ3n) is 4.44. The van der Waals surface area contributed by atoms with Gasteiger partial charge >= 0.3 is 0 Å². The molecule has 1 heterocycles. The Morgan fingerprint density at radius 3 is 2.83 bits per heavy atom. The third kappa shape index (κ3) is 4.33. The number of ketones is 1. The van der Waals surface area contributed by atoms with Gasteiger partial charge in [-0.15, -0.1) is 0 Å². The SMILES string of the molecule is COc1cccc(/C=C/C2CNC(CC(=O)c3ccccc3)C2)c1. The lowest BCUT2D eigenvalue weighted by molar-refractivity contribution is 0.0971. The number of rotatable bonds is 6. The number of Topliss-reactive ketones (excluding diaryl/α,β-unsaturated/α-hetero) is 1. The molecule has 3 heteroatoms. The summed E-state index contributed by atoms with van der Waals surface area (Å²) in [5, 5.41) is 3.47. The Morgan fingerprint density at radius 1 is 1.21 bits per heavy atom. The van der Waals surface area contributed by atoms with E-state index in [2.05, 4.69) is 23.5 Å². The van der Waals surface area contributed by atoms with Crippen molar-refractivity contribution in [2.45, 2.75) is 18.9 Å². The van der Waals surface area contributed by atoms with Crippen molar-refractivity contribution in [3.05, 3.63) is 71.8 Å². The molecule has 1 aliphatic rings. The van der Waals surface area contributed by atoms with Crippen LogP contribution < -0.4 is 10.1 Å². The molecule has 1 N–H and O–H groups in total. The molecule has 0 aliphatic carbocycles. The van der Waals surface area contributed by atoms with Gasteiger partial charge in [0.2, 0.25) is 0 Å². The molecular formula is C21H23NO2. The van der Waals surface area contributed by atoms with Crippen LogP contribution in [0.5, 0.6) is 5.75 Å².